The predicted molar refractivity (Wildman–Crippen MR) is 70.7 cm³/mol. The van der Waals surface area contributed by atoms with Gasteiger partial charge in [-0.3, -0.25) is 0 Å². The fourth-order valence-electron chi connectivity index (χ4n) is 1.63. The minimum absolute atomic E-state index is 0.269. The second-order valence-electron chi connectivity index (χ2n) is 3.97. The molecule has 0 fully saturated rings. The average Bonchev–Trinajstić information content (AvgIpc) is 2.78. The largest absolute Gasteiger partial charge is 0.497 e. The Kier molecular flexibility index (Phi) is 4.03. The number of aromatic carboxylic acids is 1. The van der Waals surface area contributed by atoms with E-state index < -0.39 is 5.97 Å². The first-order valence-electron chi connectivity index (χ1n) is 5.78. The molecule has 1 N–H and O–H groups in total. The van der Waals surface area contributed by atoms with Gasteiger partial charge in [0.1, 0.15) is 18.1 Å². The molecule has 2 aromatic rings. The summed E-state index contributed by atoms with van der Waals surface area (Å²) in [7, 11) is 1.54. The van der Waals surface area contributed by atoms with Crippen molar-refractivity contribution < 1.29 is 19.4 Å². The van der Waals surface area contributed by atoms with Crippen LogP contribution in [0.2, 0.25) is 0 Å². The molecule has 2 aromatic carbocycles. The third-order valence-electron chi connectivity index (χ3n) is 2.64. The summed E-state index contributed by atoms with van der Waals surface area (Å²) in [6, 6.07) is 14.3. The van der Waals surface area contributed by atoms with Crippen molar-refractivity contribution in [1.82, 2.24) is 0 Å². The lowest BCUT2D eigenvalue weighted by Crippen LogP contribution is -1.95. The van der Waals surface area contributed by atoms with Crippen molar-refractivity contribution >= 4 is 5.97 Å². The SMILES string of the molecule is COc1ccc(C(=O)O)cc1.c1cc2cc(c1)OC2. The van der Waals surface area contributed by atoms with Crippen LogP contribution in [0, 0.1) is 0 Å². The molecule has 19 heavy (non-hydrogen) atoms. The highest BCUT2D eigenvalue weighted by Gasteiger charge is 2.03. The minimum atomic E-state index is -0.923. The van der Waals surface area contributed by atoms with E-state index in [0.717, 1.165) is 12.4 Å². The number of carbonyl (C=O) groups is 1. The maximum Gasteiger partial charge on any atom is 0.335 e. The Bertz CT molecular complexity index is 541. The van der Waals surface area contributed by atoms with E-state index in [1.165, 1.54) is 24.8 Å². The van der Waals surface area contributed by atoms with E-state index in [1.54, 1.807) is 12.1 Å². The van der Waals surface area contributed by atoms with Gasteiger partial charge in [-0.15, -0.1) is 0 Å². The number of hydrogen-bond donors (Lipinski definition) is 1. The fourth-order valence-corrected chi connectivity index (χ4v) is 1.63. The van der Waals surface area contributed by atoms with Crippen LogP contribution >= 0.6 is 0 Å². The normalized spacial score (nSPS) is 11.0. The number of benzene rings is 2. The lowest BCUT2D eigenvalue weighted by molar-refractivity contribution is 0.0697. The Labute approximate surface area is 111 Å². The third kappa shape index (κ3) is 3.48. The fraction of sp³-hybridized carbons (Fsp3) is 0.133. The highest BCUT2D eigenvalue weighted by molar-refractivity contribution is 5.87. The van der Waals surface area contributed by atoms with E-state index in [9.17, 15) is 4.79 Å². The van der Waals surface area contributed by atoms with Crippen molar-refractivity contribution in [3.63, 3.8) is 0 Å². The molecule has 2 bridgehead atoms. The Morgan fingerprint density at radius 1 is 1.21 bits per heavy atom. The van der Waals surface area contributed by atoms with Crippen LogP contribution in [-0.2, 0) is 6.61 Å². The van der Waals surface area contributed by atoms with E-state index in [1.807, 2.05) is 12.1 Å². The quantitative estimate of drug-likeness (QED) is 0.899. The molecule has 0 saturated heterocycles. The first kappa shape index (κ1) is 13.0. The van der Waals surface area contributed by atoms with Crippen LogP contribution in [0.5, 0.6) is 11.5 Å². The molecular weight excluding hydrogens is 244 g/mol. The summed E-state index contributed by atoms with van der Waals surface area (Å²) in [5, 5.41) is 8.51. The summed E-state index contributed by atoms with van der Waals surface area (Å²) in [5.74, 6) is 0.741. The molecule has 98 valence electrons. The second kappa shape index (κ2) is 5.91. The van der Waals surface area contributed by atoms with Gasteiger partial charge in [0.2, 0.25) is 0 Å². The molecule has 0 aliphatic carbocycles. The number of carboxylic acid groups (broad SMARTS) is 1. The molecule has 0 radical (unpaired) electrons. The number of fused-ring (bicyclic) bond motifs is 2. The van der Waals surface area contributed by atoms with Crippen molar-refractivity contribution in [3.05, 3.63) is 59.7 Å². The Morgan fingerprint density at radius 2 is 1.95 bits per heavy atom. The van der Waals surface area contributed by atoms with Crippen LogP contribution in [0.15, 0.2) is 48.5 Å². The number of methoxy groups -OCH3 is 1. The smallest absolute Gasteiger partial charge is 0.335 e. The Balaban J connectivity index is 0.000000146. The number of ether oxygens (including phenoxy) is 2. The summed E-state index contributed by atoms with van der Waals surface area (Å²) in [5.41, 5.74) is 1.55. The van der Waals surface area contributed by atoms with E-state index in [-0.39, 0.29) is 5.56 Å². The Hall–Kier alpha value is -2.49. The average molecular weight is 258 g/mol. The lowest BCUT2D eigenvalue weighted by Gasteiger charge is -1.98. The van der Waals surface area contributed by atoms with Gasteiger partial charge < -0.3 is 14.6 Å². The summed E-state index contributed by atoms with van der Waals surface area (Å²) < 4.78 is 10.0. The van der Waals surface area contributed by atoms with Gasteiger partial charge in [0.15, 0.2) is 0 Å². The maximum atomic E-state index is 10.4. The molecule has 1 heterocycles. The lowest BCUT2D eigenvalue weighted by atomic mass is 10.2. The minimum Gasteiger partial charge on any atom is -0.497 e. The molecule has 0 amide bonds. The highest BCUT2D eigenvalue weighted by atomic mass is 16.5. The standard InChI is InChI=1S/C8H8O3.C7H6O/c1-11-7-4-2-6(3-5-7)8(9)10;1-2-6-4-7(3-1)8-5-6/h2-5H,1H3,(H,9,10);1-4H,5H2. The highest BCUT2D eigenvalue weighted by Crippen LogP contribution is 2.20. The van der Waals surface area contributed by atoms with Gasteiger partial charge in [-0.05, 0) is 42.0 Å². The van der Waals surface area contributed by atoms with Crippen molar-refractivity contribution in [2.45, 2.75) is 6.61 Å². The molecule has 1 aliphatic rings. The Morgan fingerprint density at radius 3 is 2.47 bits per heavy atom. The summed E-state index contributed by atoms with van der Waals surface area (Å²) >= 11 is 0. The molecule has 0 aromatic heterocycles. The summed E-state index contributed by atoms with van der Waals surface area (Å²) in [6.45, 7) is 0.766. The zero-order valence-electron chi connectivity index (χ0n) is 10.5. The van der Waals surface area contributed by atoms with Gasteiger partial charge in [-0.2, -0.15) is 0 Å². The van der Waals surface area contributed by atoms with Gasteiger partial charge >= 0.3 is 5.97 Å². The van der Waals surface area contributed by atoms with Gasteiger partial charge in [-0.1, -0.05) is 12.1 Å². The molecule has 0 atom stereocenters. The predicted octanol–water partition coefficient (Wildman–Crippen LogP) is 2.97. The van der Waals surface area contributed by atoms with Crippen molar-refractivity contribution in [1.29, 1.82) is 0 Å². The first-order valence-corrected chi connectivity index (χ1v) is 5.78. The molecule has 3 rings (SSSR count). The van der Waals surface area contributed by atoms with Crippen molar-refractivity contribution in [3.8, 4) is 11.5 Å². The van der Waals surface area contributed by atoms with Crippen LogP contribution in [0.3, 0.4) is 0 Å². The molecular formula is C15H14O4. The van der Waals surface area contributed by atoms with Crippen LogP contribution in [0.4, 0.5) is 0 Å². The topological polar surface area (TPSA) is 55.8 Å². The maximum absolute atomic E-state index is 10.4. The molecule has 0 saturated carbocycles. The number of hydrogen-bond acceptors (Lipinski definition) is 3. The zero-order chi connectivity index (χ0) is 13.7. The number of carboxylic acids is 1. The van der Waals surface area contributed by atoms with Crippen molar-refractivity contribution in [2.75, 3.05) is 7.11 Å². The van der Waals surface area contributed by atoms with Crippen LogP contribution < -0.4 is 9.47 Å². The summed E-state index contributed by atoms with van der Waals surface area (Å²) in [4.78, 5) is 10.4. The second-order valence-corrected chi connectivity index (χ2v) is 3.97. The van der Waals surface area contributed by atoms with Gasteiger partial charge in [0.25, 0.3) is 0 Å². The molecule has 0 unspecified atom stereocenters. The van der Waals surface area contributed by atoms with E-state index in [4.69, 9.17) is 14.6 Å². The van der Waals surface area contributed by atoms with Crippen LogP contribution in [0.1, 0.15) is 15.9 Å². The zero-order valence-corrected chi connectivity index (χ0v) is 10.5. The number of rotatable bonds is 2. The van der Waals surface area contributed by atoms with Gasteiger partial charge in [0.05, 0.1) is 12.7 Å². The molecule has 4 nitrogen and oxygen atoms in total. The van der Waals surface area contributed by atoms with Gasteiger partial charge in [0, 0.05) is 0 Å². The van der Waals surface area contributed by atoms with E-state index >= 15 is 0 Å². The summed E-state index contributed by atoms with van der Waals surface area (Å²) in [6.07, 6.45) is 0. The third-order valence-corrected chi connectivity index (χ3v) is 2.64. The van der Waals surface area contributed by atoms with Gasteiger partial charge in [-0.25, -0.2) is 4.79 Å². The van der Waals surface area contributed by atoms with E-state index in [2.05, 4.69) is 12.1 Å². The monoisotopic (exact) mass is 258 g/mol. The molecule has 4 heteroatoms. The van der Waals surface area contributed by atoms with Crippen LogP contribution in [-0.4, -0.2) is 18.2 Å². The molecule has 0 spiro atoms. The van der Waals surface area contributed by atoms with E-state index in [0.29, 0.717) is 5.75 Å². The van der Waals surface area contributed by atoms with Crippen LogP contribution in [0.25, 0.3) is 0 Å². The van der Waals surface area contributed by atoms with Crippen molar-refractivity contribution in [2.24, 2.45) is 0 Å². The molecule has 1 aliphatic heterocycles. The first-order chi connectivity index (χ1) is 9.19.